The zero-order valence-corrected chi connectivity index (χ0v) is 12.9. The van der Waals surface area contributed by atoms with Gasteiger partial charge in [-0.1, -0.05) is 25.0 Å². The molecule has 0 saturated heterocycles. The fraction of sp³-hybridized carbons (Fsp3) is 0.471. The number of hydrogen-bond acceptors (Lipinski definition) is 3. The number of pyridine rings is 1. The molecule has 0 amide bonds. The average molecular weight is 286 g/mol. The Morgan fingerprint density at radius 3 is 2.90 bits per heavy atom. The molecule has 1 N–H and O–H groups in total. The lowest BCUT2D eigenvalue weighted by atomic mass is 10.1. The minimum absolute atomic E-state index is 0.485. The summed E-state index contributed by atoms with van der Waals surface area (Å²) in [6.45, 7) is 2.08. The first-order chi connectivity index (χ1) is 9.81. The highest BCUT2D eigenvalue weighted by Crippen LogP contribution is 2.39. The van der Waals surface area contributed by atoms with Gasteiger partial charge >= 0.3 is 0 Å². The maximum atomic E-state index is 4.37. The number of fused-ring (bicyclic) bond motifs is 1. The van der Waals surface area contributed by atoms with Crippen molar-refractivity contribution in [1.82, 2.24) is 10.3 Å². The van der Waals surface area contributed by atoms with Crippen LogP contribution in [0.4, 0.5) is 0 Å². The van der Waals surface area contributed by atoms with Crippen LogP contribution in [-0.4, -0.2) is 22.5 Å². The van der Waals surface area contributed by atoms with Gasteiger partial charge in [-0.2, -0.15) is 11.8 Å². The van der Waals surface area contributed by atoms with Crippen molar-refractivity contribution in [2.45, 2.75) is 37.0 Å². The number of hydrogen-bond donors (Lipinski definition) is 1. The van der Waals surface area contributed by atoms with E-state index in [2.05, 4.69) is 40.8 Å². The first kappa shape index (κ1) is 13.9. The molecule has 2 aromatic rings. The Morgan fingerprint density at radius 1 is 1.25 bits per heavy atom. The van der Waals surface area contributed by atoms with E-state index >= 15 is 0 Å². The van der Waals surface area contributed by atoms with E-state index < -0.39 is 0 Å². The van der Waals surface area contributed by atoms with E-state index in [4.69, 9.17) is 0 Å². The summed E-state index contributed by atoms with van der Waals surface area (Å²) in [5.41, 5.74) is 2.42. The van der Waals surface area contributed by atoms with Crippen molar-refractivity contribution in [1.29, 1.82) is 0 Å². The predicted molar refractivity (Wildman–Crippen MR) is 88.2 cm³/mol. The smallest absolute Gasteiger partial charge is 0.0702 e. The molecule has 0 bridgehead atoms. The van der Waals surface area contributed by atoms with Crippen LogP contribution in [0.5, 0.6) is 0 Å². The summed E-state index contributed by atoms with van der Waals surface area (Å²) >= 11 is 2.05. The van der Waals surface area contributed by atoms with Crippen molar-refractivity contribution >= 4 is 22.7 Å². The Balaban J connectivity index is 1.62. The first-order valence-electron chi connectivity index (χ1n) is 7.41. The maximum absolute atomic E-state index is 4.37. The summed E-state index contributed by atoms with van der Waals surface area (Å²) in [6, 6.07) is 10.7. The molecule has 1 saturated carbocycles. The normalized spacial score (nSPS) is 17.6. The monoisotopic (exact) mass is 286 g/mol. The van der Waals surface area contributed by atoms with Crippen LogP contribution in [0.3, 0.4) is 0 Å². The highest BCUT2D eigenvalue weighted by atomic mass is 32.2. The van der Waals surface area contributed by atoms with Crippen molar-refractivity contribution < 1.29 is 0 Å². The highest BCUT2D eigenvalue weighted by Gasteiger charge is 2.32. The van der Waals surface area contributed by atoms with Crippen LogP contribution in [0.25, 0.3) is 10.9 Å². The number of aromatic nitrogens is 1. The molecular formula is C17H22N2S. The fourth-order valence-electron chi connectivity index (χ4n) is 3.14. The predicted octanol–water partition coefficient (Wildman–Crippen LogP) is 4.00. The second kappa shape index (κ2) is 6.15. The van der Waals surface area contributed by atoms with Gasteiger partial charge < -0.3 is 5.32 Å². The molecule has 1 aromatic carbocycles. The van der Waals surface area contributed by atoms with Gasteiger partial charge in [-0.05, 0) is 42.9 Å². The molecule has 1 aliphatic rings. The molecule has 2 nitrogen and oxygen atoms in total. The van der Waals surface area contributed by atoms with Gasteiger partial charge in [0.15, 0.2) is 0 Å². The molecule has 1 heterocycles. The van der Waals surface area contributed by atoms with Gasteiger partial charge in [0, 0.05) is 29.4 Å². The van der Waals surface area contributed by atoms with E-state index in [0.29, 0.717) is 4.75 Å². The third kappa shape index (κ3) is 2.99. The van der Waals surface area contributed by atoms with Gasteiger partial charge in [0.2, 0.25) is 0 Å². The zero-order chi connectivity index (χ0) is 13.8. The summed E-state index contributed by atoms with van der Waals surface area (Å²) in [7, 11) is 0. The Hall–Kier alpha value is -1.06. The topological polar surface area (TPSA) is 24.9 Å². The number of nitrogens with one attached hydrogen (secondary N) is 1. The third-order valence-electron chi connectivity index (χ3n) is 4.39. The minimum Gasteiger partial charge on any atom is -0.311 e. The molecule has 0 atom stereocenters. The van der Waals surface area contributed by atoms with Crippen molar-refractivity contribution in [2.75, 3.05) is 12.8 Å². The van der Waals surface area contributed by atoms with Gasteiger partial charge in [-0.15, -0.1) is 0 Å². The van der Waals surface area contributed by atoms with E-state index in [1.165, 1.54) is 36.6 Å². The molecule has 3 rings (SSSR count). The Labute approximate surface area is 125 Å². The summed E-state index contributed by atoms with van der Waals surface area (Å²) in [4.78, 5) is 4.37. The van der Waals surface area contributed by atoms with Gasteiger partial charge in [0.1, 0.15) is 0 Å². The molecule has 3 heteroatoms. The average Bonchev–Trinajstić information content (AvgIpc) is 2.96. The van der Waals surface area contributed by atoms with Crippen LogP contribution in [0.2, 0.25) is 0 Å². The van der Waals surface area contributed by atoms with E-state index in [-0.39, 0.29) is 0 Å². The largest absolute Gasteiger partial charge is 0.311 e. The lowest BCUT2D eigenvalue weighted by Gasteiger charge is -2.27. The third-order valence-corrected chi connectivity index (χ3v) is 5.81. The Kier molecular flexibility index (Phi) is 4.27. The maximum Gasteiger partial charge on any atom is 0.0702 e. The lowest BCUT2D eigenvalue weighted by Crippen LogP contribution is -2.34. The number of nitrogens with zero attached hydrogens (tertiary/aromatic N) is 1. The SMILES string of the molecule is CSC1(CNCc2ccc3ncccc3c2)CCCC1. The van der Waals surface area contributed by atoms with Crippen molar-refractivity contribution in [3.63, 3.8) is 0 Å². The van der Waals surface area contributed by atoms with Gasteiger partial charge in [0.05, 0.1) is 5.52 Å². The number of rotatable bonds is 5. The van der Waals surface area contributed by atoms with Gasteiger partial charge in [-0.3, -0.25) is 4.98 Å². The van der Waals surface area contributed by atoms with Crippen molar-refractivity contribution in [3.05, 3.63) is 42.1 Å². The molecule has 0 radical (unpaired) electrons. The molecule has 0 spiro atoms. The van der Waals surface area contributed by atoms with Crippen molar-refractivity contribution in [2.24, 2.45) is 0 Å². The molecule has 20 heavy (non-hydrogen) atoms. The summed E-state index contributed by atoms with van der Waals surface area (Å²) in [6.07, 6.45) is 9.62. The van der Waals surface area contributed by atoms with E-state index in [1.807, 2.05) is 24.0 Å². The quantitative estimate of drug-likeness (QED) is 0.899. The van der Waals surface area contributed by atoms with Crippen LogP contribution < -0.4 is 5.32 Å². The summed E-state index contributed by atoms with van der Waals surface area (Å²) < 4.78 is 0.485. The molecular weight excluding hydrogens is 264 g/mol. The van der Waals surface area contributed by atoms with E-state index in [9.17, 15) is 0 Å². The highest BCUT2D eigenvalue weighted by molar-refractivity contribution is 8.00. The molecule has 1 aromatic heterocycles. The summed E-state index contributed by atoms with van der Waals surface area (Å²) in [5, 5.41) is 4.89. The second-order valence-electron chi connectivity index (χ2n) is 5.73. The number of thioether (sulfide) groups is 1. The molecule has 1 fully saturated rings. The van der Waals surface area contributed by atoms with Crippen LogP contribution in [0, 0.1) is 0 Å². The van der Waals surface area contributed by atoms with Gasteiger partial charge in [-0.25, -0.2) is 0 Å². The van der Waals surface area contributed by atoms with E-state index in [0.717, 1.165) is 18.6 Å². The molecule has 0 aliphatic heterocycles. The Morgan fingerprint density at radius 2 is 2.10 bits per heavy atom. The van der Waals surface area contributed by atoms with Crippen LogP contribution in [0.1, 0.15) is 31.2 Å². The van der Waals surface area contributed by atoms with Crippen LogP contribution >= 0.6 is 11.8 Å². The first-order valence-corrected chi connectivity index (χ1v) is 8.63. The fourth-order valence-corrected chi connectivity index (χ4v) is 4.09. The summed E-state index contributed by atoms with van der Waals surface area (Å²) in [5.74, 6) is 0. The van der Waals surface area contributed by atoms with Gasteiger partial charge in [0.25, 0.3) is 0 Å². The standard InChI is InChI=1S/C17H22N2S/c1-20-17(8-2-3-9-17)13-18-12-14-6-7-16-15(11-14)5-4-10-19-16/h4-7,10-11,18H,2-3,8-9,12-13H2,1H3. The lowest BCUT2D eigenvalue weighted by molar-refractivity contribution is 0.534. The Bertz CT molecular complexity index is 576. The molecule has 106 valence electrons. The van der Waals surface area contributed by atoms with Crippen LogP contribution in [0.15, 0.2) is 36.5 Å². The molecule has 0 unspecified atom stereocenters. The molecule has 1 aliphatic carbocycles. The van der Waals surface area contributed by atoms with Crippen molar-refractivity contribution in [3.8, 4) is 0 Å². The van der Waals surface area contributed by atoms with Crippen LogP contribution in [-0.2, 0) is 6.54 Å². The number of benzene rings is 1. The van der Waals surface area contributed by atoms with E-state index in [1.54, 1.807) is 0 Å². The second-order valence-corrected chi connectivity index (χ2v) is 7.00. The zero-order valence-electron chi connectivity index (χ0n) is 12.1. The minimum atomic E-state index is 0.485.